The number of thiophene rings is 2. The molecule has 0 aliphatic rings. The summed E-state index contributed by atoms with van der Waals surface area (Å²) in [6, 6.07) is 8.63. The Kier molecular flexibility index (Phi) is 2.49. The maximum atomic E-state index is 5.79. The molecule has 0 saturated heterocycles. The van der Waals surface area contributed by atoms with Gasteiger partial charge in [-0.2, -0.15) is 0 Å². The van der Waals surface area contributed by atoms with Crippen LogP contribution in [-0.2, 0) is 0 Å². The van der Waals surface area contributed by atoms with Crippen molar-refractivity contribution in [1.82, 2.24) is 0 Å². The molecule has 2 N–H and O–H groups in total. The maximum absolute atomic E-state index is 5.79. The Morgan fingerprint density at radius 1 is 1.23 bits per heavy atom. The summed E-state index contributed by atoms with van der Waals surface area (Å²) < 4.78 is 0. The highest BCUT2D eigenvalue weighted by Crippen LogP contribution is 2.33. The van der Waals surface area contributed by atoms with Crippen LogP contribution in [0.25, 0.3) is 9.75 Å². The van der Waals surface area contributed by atoms with Crippen LogP contribution < -0.4 is 5.73 Å². The lowest BCUT2D eigenvalue weighted by Crippen LogP contribution is -2.01. The van der Waals surface area contributed by atoms with Crippen molar-refractivity contribution in [2.24, 2.45) is 5.73 Å². The quantitative estimate of drug-likeness (QED) is 0.805. The van der Waals surface area contributed by atoms with Gasteiger partial charge >= 0.3 is 0 Å². The molecule has 0 saturated carbocycles. The van der Waals surface area contributed by atoms with Crippen molar-refractivity contribution in [2.75, 3.05) is 0 Å². The Labute approximate surface area is 85.8 Å². The third-order valence-electron chi connectivity index (χ3n) is 1.84. The van der Waals surface area contributed by atoms with Crippen LogP contribution in [0.4, 0.5) is 0 Å². The Morgan fingerprint density at radius 2 is 2.08 bits per heavy atom. The molecular weight excluding hydrogens is 198 g/mol. The summed E-state index contributed by atoms with van der Waals surface area (Å²) >= 11 is 3.55. The van der Waals surface area contributed by atoms with Crippen LogP contribution in [0.5, 0.6) is 0 Å². The molecule has 2 rings (SSSR count). The molecule has 0 aliphatic carbocycles. The molecule has 0 unspecified atom stereocenters. The molecule has 0 fully saturated rings. The first-order valence-corrected chi connectivity index (χ1v) is 5.86. The summed E-state index contributed by atoms with van der Waals surface area (Å²) in [5.41, 5.74) is 5.79. The average Bonchev–Trinajstić information content (AvgIpc) is 2.75. The monoisotopic (exact) mass is 209 g/mol. The average molecular weight is 209 g/mol. The fourth-order valence-corrected chi connectivity index (χ4v) is 2.94. The van der Waals surface area contributed by atoms with Crippen LogP contribution in [0.15, 0.2) is 29.6 Å². The molecule has 2 aromatic heterocycles. The first-order chi connectivity index (χ1) is 6.27. The largest absolute Gasteiger partial charge is 0.324 e. The standard InChI is InChI=1S/C10H11NS2/c1-7(11)8-4-5-10(13-8)9-3-2-6-12-9/h2-7H,11H2,1H3/t7-/m1/s1. The van der Waals surface area contributed by atoms with Crippen molar-refractivity contribution < 1.29 is 0 Å². The van der Waals surface area contributed by atoms with Gasteiger partial charge in [0.25, 0.3) is 0 Å². The number of hydrogen-bond donors (Lipinski definition) is 1. The molecule has 68 valence electrons. The van der Waals surface area contributed by atoms with Crippen molar-refractivity contribution in [3.8, 4) is 9.75 Å². The molecule has 0 amide bonds. The molecule has 0 aliphatic heterocycles. The van der Waals surface area contributed by atoms with E-state index >= 15 is 0 Å². The molecule has 0 radical (unpaired) electrons. The van der Waals surface area contributed by atoms with Crippen LogP contribution in [0.3, 0.4) is 0 Å². The second kappa shape index (κ2) is 3.62. The fourth-order valence-electron chi connectivity index (χ4n) is 1.15. The van der Waals surface area contributed by atoms with E-state index in [9.17, 15) is 0 Å². The molecule has 0 bridgehead atoms. The van der Waals surface area contributed by atoms with E-state index in [-0.39, 0.29) is 6.04 Å². The van der Waals surface area contributed by atoms with Gasteiger partial charge in [0.05, 0.1) is 0 Å². The van der Waals surface area contributed by atoms with Crippen molar-refractivity contribution >= 4 is 22.7 Å². The Hall–Kier alpha value is -0.640. The Balaban J connectivity index is 2.33. The van der Waals surface area contributed by atoms with Crippen molar-refractivity contribution in [2.45, 2.75) is 13.0 Å². The van der Waals surface area contributed by atoms with Gasteiger partial charge in [-0.3, -0.25) is 0 Å². The summed E-state index contributed by atoms with van der Waals surface area (Å²) in [7, 11) is 0. The van der Waals surface area contributed by atoms with Gasteiger partial charge in [-0.05, 0) is 30.5 Å². The molecular formula is C10H11NS2. The summed E-state index contributed by atoms with van der Waals surface area (Å²) in [4.78, 5) is 3.91. The van der Waals surface area contributed by atoms with E-state index in [1.807, 2.05) is 6.92 Å². The molecule has 0 spiro atoms. The van der Waals surface area contributed by atoms with Crippen LogP contribution in [0.1, 0.15) is 17.8 Å². The van der Waals surface area contributed by atoms with E-state index in [1.165, 1.54) is 14.6 Å². The highest BCUT2D eigenvalue weighted by atomic mass is 32.1. The van der Waals surface area contributed by atoms with Gasteiger partial charge in [-0.15, -0.1) is 22.7 Å². The molecule has 3 heteroatoms. The topological polar surface area (TPSA) is 26.0 Å². The lowest BCUT2D eigenvalue weighted by Gasteiger charge is -1.97. The van der Waals surface area contributed by atoms with E-state index in [0.717, 1.165) is 0 Å². The van der Waals surface area contributed by atoms with Crippen LogP contribution in [0, 0.1) is 0 Å². The fraction of sp³-hybridized carbons (Fsp3) is 0.200. The molecule has 1 nitrogen and oxygen atoms in total. The van der Waals surface area contributed by atoms with Gasteiger partial charge in [0.15, 0.2) is 0 Å². The highest BCUT2D eigenvalue weighted by molar-refractivity contribution is 7.21. The number of nitrogens with two attached hydrogens (primary N) is 1. The maximum Gasteiger partial charge on any atom is 0.0446 e. The van der Waals surface area contributed by atoms with Gasteiger partial charge in [0.1, 0.15) is 0 Å². The zero-order chi connectivity index (χ0) is 9.26. The van der Waals surface area contributed by atoms with Crippen LogP contribution >= 0.6 is 22.7 Å². The Morgan fingerprint density at radius 3 is 2.62 bits per heavy atom. The molecule has 1 atom stereocenters. The summed E-state index contributed by atoms with van der Waals surface area (Å²) in [5.74, 6) is 0. The van der Waals surface area contributed by atoms with E-state index in [0.29, 0.717) is 0 Å². The SMILES string of the molecule is C[C@@H](N)c1ccc(-c2cccs2)s1. The predicted molar refractivity (Wildman–Crippen MR) is 60.2 cm³/mol. The molecule has 0 aromatic carbocycles. The van der Waals surface area contributed by atoms with Gasteiger partial charge < -0.3 is 5.73 Å². The first-order valence-electron chi connectivity index (χ1n) is 4.16. The first kappa shape index (κ1) is 8.94. The molecule has 2 heterocycles. The van der Waals surface area contributed by atoms with Crippen molar-refractivity contribution in [3.05, 3.63) is 34.5 Å². The zero-order valence-corrected chi connectivity index (χ0v) is 8.99. The van der Waals surface area contributed by atoms with Gasteiger partial charge in [0.2, 0.25) is 0 Å². The van der Waals surface area contributed by atoms with Crippen molar-refractivity contribution in [3.63, 3.8) is 0 Å². The van der Waals surface area contributed by atoms with E-state index in [4.69, 9.17) is 5.73 Å². The minimum Gasteiger partial charge on any atom is -0.324 e. The second-order valence-corrected chi connectivity index (χ2v) is 5.03. The minimum absolute atomic E-state index is 0.152. The second-order valence-electron chi connectivity index (χ2n) is 2.97. The number of hydrogen-bond acceptors (Lipinski definition) is 3. The van der Waals surface area contributed by atoms with E-state index < -0.39 is 0 Å². The summed E-state index contributed by atoms with van der Waals surface area (Å²) in [6.07, 6.45) is 0. The van der Waals surface area contributed by atoms with Crippen LogP contribution in [-0.4, -0.2) is 0 Å². The van der Waals surface area contributed by atoms with Crippen LogP contribution in [0.2, 0.25) is 0 Å². The summed E-state index contributed by atoms with van der Waals surface area (Å²) in [6.45, 7) is 2.02. The van der Waals surface area contributed by atoms with Crippen molar-refractivity contribution in [1.29, 1.82) is 0 Å². The third-order valence-corrected chi connectivity index (χ3v) is 4.19. The van der Waals surface area contributed by atoms with E-state index in [1.54, 1.807) is 22.7 Å². The smallest absolute Gasteiger partial charge is 0.0446 e. The lowest BCUT2D eigenvalue weighted by atomic mass is 10.3. The predicted octanol–water partition coefficient (Wildman–Crippen LogP) is 3.50. The normalized spacial score (nSPS) is 13.1. The number of rotatable bonds is 2. The zero-order valence-electron chi connectivity index (χ0n) is 7.36. The lowest BCUT2D eigenvalue weighted by molar-refractivity contribution is 0.838. The highest BCUT2D eigenvalue weighted by Gasteiger charge is 2.05. The molecule has 13 heavy (non-hydrogen) atoms. The summed E-state index contributed by atoms with van der Waals surface area (Å²) in [5, 5.41) is 2.10. The minimum atomic E-state index is 0.152. The Bertz CT molecular complexity index is 373. The van der Waals surface area contributed by atoms with Gasteiger partial charge in [-0.25, -0.2) is 0 Å². The van der Waals surface area contributed by atoms with E-state index in [2.05, 4.69) is 29.6 Å². The van der Waals surface area contributed by atoms with Gasteiger partial charge in [-0.1, -0.05) is 6.07 Å². The molecule has 2 aromatic rings. The van der Waals surface area contributed by atoms with Gasteiger partial charge in [0, 0.05) is 20.7 Å². The third kappa shape index (κ3) is 1.82.